The van der Waals surface area contributed by atoms with Crippen LogP contribution in [0.2, 0.25) is 0 Å². The molecule has 5 nitrogen and oxygen atoms in total. The average molecular weight is 258 g/mol. The number of benzene rings is 1. The second kappa shape index (κ2) is 6.04. The summed E-state index contributed by atoms with van der Waals surface area (Å²) in [5.74, 6) is 1.60. The highest BCUT2D eigenvalue weighted by Gasteiger charge is 2.12. The van der Waals surface area contributed by atoms with Gasteiger partial charge in [-0.2, -0.15) is 5.10 Å². The number of hydrazone groups is 1. The first-order valence-electron chi connectivity index (χ1n) is 6.19. The van der Waals surface area contributed by atoms with Crippen molar-refractivity contribution in [1.82, 2.24) is 14.6 Å². The maximum absolute atomic E-state index is 5.66. The molecule has 5 heteroatoms. The fraction of sp³-hybridized carbons (Fsp3) is 0.286. The van der Waals surface area contributed by atoms with Gasteiger partial charge in [0, 0.05) is 26.5 Å². The second-order valence-corrected chi connectivity index (χ2v) is 4.17. The molecular formula is C14H18N4O. The van der Waals surface area contributed by atoms with Crippen LogP contribution in [0.15, 0.2) is 48.1 Å². The molecule has 0 radical (unpaired) electrons. The zero-order valence-electron chi connectivity index (χ0n) is 11.4. The van der Waals surface area contributed by atoms with Crippen molar-refractivity contribution >= 4 is 5.84 Å². The Balaban J connectivity index is 2.50. The van der Waals surface area contributed by atoms with Crippen LogP contribution in [-0.4, -0.2) is 41.1 Å². The number of rotatable bonds is 4. The average Bonchev–Trinajstić information content (AvgIpc) is 2.91. The fourth-order valence-electron chi connectivity index (χ4n) is 1.75. The molecule has 0 aliphatic rings. The van der Waals surface area contributed by atoms with Gasteiger partial charge in [-0.05, 0) is 19.1 Å². The van der Waals surface area contributed by atoms with Gasteiger partial charge in [0.25, 0.3) is 0 Å². The van der Waals surface area contributed by atoms with E-state index in [1.165, 1.54) is 0 Å². The highest BCUT2D eigenvalue weighted by atomic mass is 16.5. The summed E-state index contributed by atoms with van der Waals surface area (Å²) in [6.45, 7) is 2.59. The Labute approximate surface area is 113 Å². The lowest BCUT2D eigenvalue weighted by Gasteiger charge is -2.15. The van der Waals surface area contributed by atoms with Gasteiger partial charge in [0.05, 0.1) is 12.2 Å². The Morgan fingerprint density at radius 2 is 2.16 bits per heavy atom. The first-order valence-corrected chi connectivity index (χ1v) is 6.19. The third-order valence-corrected chi connectivity index (χ3v) is 2.47. The monoisotopic (exact) mass is 258 g/mol. The molecule has 0 fully saturated rings. The predicted octanol–water partition coefficient (Wildman–Crippen LogP) is 2.05. The second-order valence-electron chi connectivity index (χ2n) is 4.17. The summed E-state index contributed by atoms with van der Waals surface area (Å²) in [4.78, 5) is 4.07. The van der Waals surface area contributed by atoms with E-state index in [-0.39, 0.29) is 0 Å². The molecule has 0 saturated heterocycles. The molecule has 100 valence electrons. The van der Waals surface area contributed by atoms with Crippen molar-refractivity contribution < 1.29 is 4.74 Å². The molecule has 0 aliphatic carbocycles. The molecule has 0 aliphatic heterocycles. The normalized spacial score (nSPS) is 11.4. The van der Waals surface area contributed by atoms with E-state index in [0.29, 0.717) is 6.61 Å². The molecule has 0 atom stereocenters. The Bertz CT molecular complexity index is 546. The Morgan fingerprint density at radius 3 is 2.79 bits per heavy atom. The Morgan fingerprint density at radius 1 is 1.37 bits per heavy atom. The van der Waals surface area contributed by atoms with Crippen molar-refractivity contribution in [2.75, 3.05) is 20.7 Å². The van der Waals surface area contributed by atoms with E-state index in [2.05, 4.69) is 10.1 Å². The summed E-state index contributed by atoms with van der Waals surface area (Å²) in [7, 11) is 3.78. The van der Waals surface area contributed by atoms with E-state index in [0.717, 1.165) is 17.1 Å². The number of nitrogens with zero attached hydrogens (tertiary/aromatic N) is 4. The standard InChI is InChI=1S/C14H18N4O/c1-4-19-13-8-6-5-7-12(13)14(16-17(2)3)18-10-9-15-11-18/h5-11H,4H2,1-3H3/b16-14+. The molecule has 0 bridgehead atoms. The van der Waals surface area contributed by atoms with Gasteiger partial charge in [0.2, 0.25) is 0 Å². The lowest BCUT2D eigenvalue weighted by Crippen LogP contribution is -2.18. The molecule has 1 aromatic carbocycles. The molecule has 2 aromatic rings. The van der Waals surface area contributed by atoms with E-state index in [1.807, 2.05) is 56.0 Å². The number of ether oxygens (including phenoxy) is 1. The number of para-hydroxylation sites is 1. The highest BCUT2D eigenvalue weighted by Crippen LogP contribution is 2.20. The smallest absolute Gasteiger partial charge is 0.168 e. The minimum atomic E-state index is 0.621. The van der Waals surface area contributed by atoms with Crippen molar-refractivity contribution in [3.8, 4) is 5.75 Å². The van der Waals surface area contributed by atoms with E-state index < -0.39 is 0 Å². The lowest BCUT2D eigenvalue weighted by atomic mass is 10.2. The fourth-order valence-corrected chi connectivity index (χ4v) is 1.75. The van der Waals surface area contributed by atoms with Gasteiger partial charge < -0.3 is 9.75 Å². The summed E-state index contributed by atoms with van der Waals surface area (Å²) >= 11 is 0. The Hall–Kier alpha value is -2.30. The van der Waals surface area contributed by atoms with Gasteiger partial charge in [0.1, 0.15) is 12.1 Å². The van der Waals surface area contributed by atoms with Crippen LogP contribution >= 0.6 is 0 Å². The first-order chi connectivity index (χ1) is 9.22. The SMILES string of the molecule is CCOc1ccccc1/C(=N\N(C)C)n1ccnc1. The van der Waals surface area contributed by atoms with Crippen molar-refractivity contribution in [1.29, 1.82) is 0 Å². The highest BCUT2D eigenvalue weighted by molar-refractivity contribution is 6.02. The maximum atomic E-state index is 5.66. The zero-order chi connectivity index (χ0) is 13.7. The van der Waals surface area contributed by atoms with Crippen molar-refractivity contribution in [3.05, 3.63) is 48.5 Å². The van der Waals surface area contributed by atoms with Crippen LogP contribution in [0.4, 0.5) is 0 Å². The number of hydrogen-bond donors (Lipinski definition) is 0. The molecule has 1 heterocycles. The van der Waals surface area contributed by atoms with E-state index >= 15 is 0 Å². The molecule has 0 saturated carbocycles. The third-order valence-electron chi connectivity index (χ3n) is 2.47. The van der Waals surface area contributed by atoms with Crippen LogP contribution in [0.5, 0.6) is 5.75 Å². The van der Waals surface area contributed by atoms with Gasteiger partial charge in [-0.15, -0.1) is 0 Å². The maximum Gasteiger partial charge on any atom is 0.168 e. The summed E-state index contributed by atoms with van der Waals surface area (Å²) < 4.78 is 7.54. The van der Waals surface area contributed by atoms with Gasteiger partial charge in [0.15, 0.2) is 5.84 Å². The molecule has 0 N–H and O–H groups in total. The van der Waals surface area contributed by atoms with Crippen LogP contribution in [0.3, 0.4) is 0 Å². The Kier molecular flexibility index (Phi) is 4.18. The van der Waals surface area contributed by atoms with E-state index in [1.54, 1.807) is 17.5 Å². The minimum absolute atomic E-state index is 0.621. The van der Waals surface area contributed by atoms with Gasteiger partial charge >= 0.3 is 0 Å². The first kappa shape index (κ1) is 13.1. The molecule has 2 rings (SSSR count). The number of hydrogen-bond acceptors (Lipinski definition) is 4. The van der Waals surface area contributed by atoms with E-state index in [9.17, 15) is 0 Å². The van der Waals surface area contributed by atoms with Gasteiger partial charge in [-0.3, -0.25) is 4.57 Å². The van der Waals surface area contributed by atoms with Crippen LogP contribution in [0.1, 0.15) is 12.5 Å². The molecule has 1 aromatic heterocycles. The summed E-state index contributed by atoms with van der Waals surface area (Å²) in [5, 5.41) is 6.29. The third kappa shape index (κ3) is 3.13. The molecule has 0 unspecified atom stereocenters. The zero-order valence-corrected chi connectivity index (χ0v) is 11.4. The number of imidazole rings is 1. The van der Waals surface area contributed by atoms with E-state index in [4.69, 9.17) is 4.74 Å². The van der Waals surface area contributed by atoms with Crippen LogP contribution in [0, 0.1) is 0 Å². The minimum Gasteiger partial charge on any atom is -0.493 e. The quantitative estimate of drug-likeness (QED) is 0.479. The van der Waals surface area contributed by atoms with Crippen LogP contribution in [-0.2, 0) is 0 Å². The van der Waals surface area contributed by atoms with Crippen molar-refractivity contribution in [2.45, 2.75) is 6.92 Å². The summed E-state index contributed by atoms with van der Waals surface area (Å²) in [6, 6.07) is 7.86. The number of aromatic nitrogens is 2. The van der Waals surface area contributed by atoms with Crippen molar-refractivity contribution in [3.63, 3.8) is 0 Å². The van der Waals surface area contributed by atoms with Crippen LogP contribution in [0.25, 0.3) is 0 Å². The topological polar surface area (TPSA) is 42.6 Å². The molecular weight excluding hydrogens is 240 g/mol. The van der Waals surface area contributed by atoms with Gasteiger partial charge in [-0.25, -0.2) is 4.98 Å². The largest absolute Gasteiger partial charge is 0.493 e. The molecule has 0 spiro atoms. The summed E-state index contributed by atoms with van der Waals surface area (Å²) in [6.07, 6.45) is 5.32. The predicted molar refractivity (Wildman–Crippen MR) is 75.5 cm³/mol. The van der Waals surface area contributed by atoms with Gasteiger partial charge in [-0.1, -0.05) is 12.1 Å². The molecule has 19 heavy (non-hydrogen) atoms. The van der Waals surface area contributed by atoms with Crippen LogP contribution < -0.4 is 4.74 Å². The molecule has 0 amide bonds. The van der Waals surface area contributed by atoms with Crippen molar-refractivity contribution in [2.24, 2.45) is 5.10 Å². The lowest BCUT2D eigenvalue weighted by molar-refractivity contribution is 0.339. The summed E-state index contributed by atoms with van der Waals surface area (Å²) in [5.41, 5.74) is 0.941.